The highest BCUT2D eigenvalue weighted by Gasteiger charge is 2.15. The fourth-order valence-electron chi connectivity index (χ4n) is 3.82. The summed E-state index contributed by atoms with van der Waals surface area (Å²) < 4.78 is 11.4. The van der Waals surface area contributed by atoms with Crippen LogP contribution >= 0.6 is 0 Å². The number of rotatable bonds is 8. The summed E-state index contributed by atoms with van der Waals surface area (Å²) in [5.74, 6) is 0.896. The van der Waals surface area contributed by atoms with Crippen molar-refractivity contribution in [2.24, 2.45) is 0 Å². The second-order valence-corrected chi connectivity index (χ2v) is 8.78. The second-order valence-electron chi connectivity index (χ2n) is 8.78. The molecule has 0 bridgehead atoms. The first-order chi connectivity index (χ1) is 17.7. The van der Waals surface area contributed by atoms with E-state index in [-0.39, 0.29) is 23.6 Å². The quantitative estimate of drug-likeness (QED) is 0.294. The van der Waals surface area contributed by atoms with Gasteiger partial charge in [0.2, 0.25) is 0 Å². The summed E-state index contributed by atoms with van der Waals surface area (Å²) >= 11 is 0. The Bertz CT molecular complexity index is 1420. The number of pyridine rings is 1. The Balaban J connectivity index is 1.51. The number of nitrogen functional groups attached to an aromatic ring is 1. The van der Waals surface area contributed by atoms with Crippen molar-refractivity contribution in [1.29, 1.82) is 0 Å². The molecule has 190 valence electrons. The van der Waals surface area contributed by atoms with Gasteiger partial charge < -0.3 is 30.5 Å². The monoisotopic (exact) mass is 498 g/mol. The standard InChI is InChI=1S/C29H30N4O4/c1-18(37-27-16-22(17-31-28(27)30)20-11-12-25(34)26(15-20)36-4)19-7-5-9-23(13-19)32-29(35)21-8-6-10-24(14-21)33(2)3/h5-18,34H,1-4H3,(H2,30,31)(H,32,35). The molecule has 0 aliphatic heterocycles. The molecule has 4 N–H and O–H groups in total. The Hall–Kier alpha value is -4.72. The Labute approximate surface area is 216 Å². The Morgan fingerprint density at radius 1 is 1.00 bits per heavy atom. The van der Waals surface area contributed by atoms with Gasteiger partial charge in [-0.05, 0) is 66.6 Å². The number of benzene rings is 3. The van der Waals surface area contributed by atoms with E-state index in [1.165, 1.54) is 7.11 Å². The highest BCUT2D eigenvalue weighted by atomic mass is 16.5. The van der Waals surface area contributed by atoms with Gasteiger partial charge in [-0.3, -0.25) is 4.79 Å². The minimum atomic E-state index is -0.373. The van der Waals surface area contributed by atoms with E-state index in [2.05, 4.69) is 10.3 Å². The van der Waals surface area contributed by atoms with Crippen LogP contribution in [0.4, 0.5) is 17.2 Å². The number of nitrogens with one attached hydrogen (secondary N) is 1. The molecule has 0 fully saturated rings. The number of methoxy groups -OCH3 is 1. The van der Waals surface area contributed by atoms with Gasteiger partial charge in [0.05, 0.1) is 7.11 Å². The second kappa shape index (κ2) is 10.9. The minimum Gasteiger partial charge on any atom is -0.504 e. The fraction of sp³-hybridized carbons (Fsp3) is 0.172. The highest BCUT2D eigenvalue weighted by Crippen LogP contribution is 2.35. The molecule has 4 aromatic rings. The summed E-state index contributed by atoms with van der Waals surface area (Å²) in [6.45, 7) is 1.90. The molecule has 1 amide bonds. The molecule has 0 saturated heterocycles. The Kier molecular flexibility index (Phi) is 7.48. The zero-order valence-electron chi connectivity index (χ0n) is 21.2. The molecule has 0 aliphatic carbocycles. The summed E-state index contributed by atoms with van der Waals surface area (Å²) in [6, 6.07) is 21.8. The number of aromatic hydroxyl groups is 1. The van der Waals surface area contributed by atoms with Gasteiger partial charge in [0.15, 0.2) is 23.1 Å². The molecule has 1 atom stereocenters. The Morgan fingerprint density at radius 3 is 2.51 bits per heavy atom. The predicted molar refractivity (Wildman–Crippen MR) is 147 cm³/mol. The molecular formula is C29H30N4O4. The number of hydrogen-bond donors (Lipinski definition) is 3. The van der Waals surface area contributed by atoms with Crippen LogP contribution in [0.3, 0.4) is 0 Å². The molecular weight excluding hydrogens is 468 g/mol. The lowest BCUT2D eigenvalue weighted by molar-refractivity contribution is 0.102. The van der Waals surface area contributed by atoms with E-state index >= 15 is 0 Å². The van der Waals surface area contributed by atoms with Crippen molar-refractivity contribution in [3.05, 3.63) is 90.1 Å². The van der Waals surface area contributed by atoms with Crippen LogP contribution < -0.4 is 25.4 Å². The average molecular weight is 499 g/mol. The summed E-state index contributed by atoms with van der Waals surface area (Å²) in [7, 11) is 5.36. The number of phenolic OH excluding ortho intramolecular Hbond substituents is 1. The van der Waals surface area contributed by atoms with Gasteiger partial charge in [0.25, 0.3) is 5.91 Å². The smallest absolute Gasteiger partial charge is 0.255 e. The lowest BCUT2D eigenvalue weighted by Crippen LogP contribution is -2.14. The molecule has 0 spiro atoms. The van der Waals surface area contributed by atoms with Crippen LogP contribution in [0, 0.1) is 0 Å². The molecule has 0 aliphatic rings. The van der Waals surface area contributed by atoms with Crippen LogP contribution in [0.1, 0.15) is 28.9 Å². The molecule has 1 heterocycles. The van der Waals surface area contributed by atoms with Crippen LogP contribution in [-0.2, 0) is 0 Å². The number of ether oxygens (including phenoxy) is 2. The van der Waals surface area contributed by atoms with Crippen molar-refractivity contribution >= 4 is 23.1 Å². The molecule has 8 nitrogen and oxygen atoms in total. The van der Waals surface area contributed by atoms with Crippen molar-refractivity contribution in [3.63, 3.8) is 0 Å². The molecule has 3 aromatic carbocycles. The lowest BCUT2D eigenvalue weighted by atomic mass is 10.1. The van der Waals surface area contributed by atoms with Crippen LogP contribution in [0.2, 0.25) is 0 Å². The molecule has 37 heavy (non-hydrogen) atoms. The maximum Gasteiger partial charge on any atom is 0.255 e. The van der Waals surface area contributed by atoms with E-state index in [0.29, 0.717) is 22.7 Å². The predicted octanol–water partition coefficient (Wildman–Crippen LogP) is 5.50. The van der Waals surface area contributed by atoms with Crippen molar-refractivity contribution in [2.75, 3.05) is 37.2 Å². The van der Waals surface area contributed by atoms with E-state index in [9.17, 15) is 9.90 Å². The third kappa shape index (κ3) is 5.92. The van der Waals surface area contributed by atoms with E-state index in [0.717, 1.165) is 22.4 Å². The maximum absolute atomic E-state index is 12.8. The number of amides is 1. The first kappa shape index (κ1) is 25.4. The number of carbonyl (C=O) groups is 1. The van der Waals surface area contributed by atoms with Gasteiger partial charge in [-0.15, -0.1) is 0 Å². The lowest BCUT2D eigenvalue weighted by Gasteiger charge is -2.18. The van der Waals surface area contributed by atoms with Crippen molar-refractivity contribution < 1.29 is 19.4 Å². The van der Waals surface area contributed by atoms with Gasteiger partial charge in [-0.1, -0.05) is 24.3 Å². The number of carbonyl (C=O) groups excluding carboxylic acids is 1. The van der Waals surface area contributed by atoms with Crippen LogP contribution in [-0.4, -0.2) is 37.2 Å². The normalized spacial score (nSPS) is 11.5. The van der Waals surface area contributed by atoms with E-state index in [1.54, 1.807) is 36.5 Å². The average Bonchev–Trinajstić information content (AvgIpc) is 2.90. The summed E-state index contributed by atoms with van der Waals surface area (Å²) in [4.78, 5) is 19.1. The van der Waals surface area contributed by atoms with Crippen LogP contribution in [0.5, 0.6) is 17.2 Å². The van der Waals surface area contributed by atoms with Gasteiger partial charge in [-0.25, -0.2) is 4.98 Å². The zero-order chi connectivity index (χ0) is 26.5. The number of aromatic nitrogens is 1. The van der Waals surface area contributed by atoms with Crippen molar-refractivity contribution in [2.45, 2.75) is 13.0 Å². The van der Waals surface area contributed by atoms with E-state index in [1.807, 2.05) is 68.4 Å². The SMILES string of the molecule is COc1cc(-c2cnc(N)c(OC(C)c3cccc(NC(=O)c4cccc(N(C)C)c4)c3)c2)ccc1O. The van der Waals surface area contributed by atoms with Crippen LogP contribution in [0.25, 0.3) is 11.1 Å². The van der Waals surface area contributed by atoms with Gasteiger partial charge >= 0.3 is 0 Å². The zero-order valence-corrected chi connectivity index (χ0v) is 21.2. The number of nitrogens with two attached hydrogens (primary N) is 1. The number of hydrogen-bond acceptors (Lipinski definition) is 7. The minimum absolute atomic E-state index is 0.0529. The number of anilines is 3. The van der Waals surface area contributed by atoms with E-state index < -0.39 is 0 Å². The topological polar surface area (TPSA) is 110 Å². The van der Waals surface area contributed by atoms with Crippen molar-refractivity contribution in [1.82, 2.24) is 4.98 Å². The van der Waals surface area contributed by atoms with Gasteiger partial charge in [0, 0.05) is 42.8 Å². The molecule has 4 rings (SSSR count). The third-order valence-corrected chi connectivity index (χ3v) is 5.94. The largest absolute Gasteiger partial charge is 0.504 e. The summed E-state index contributed by atoms with van der Waals surface area (Å²) in [5, 5.41) is 12.8. The van der Waals surface area contributed by atoms with Crippen molar-refractivity contribution in [3.8, 4) is 28.4 Å². The molecule has 0 saturated carbocycles. The van der Waals surface area contributed by atoms with E-state index in [4.69, 9.17) is 15.2 Å². The van der Waals surface area contributed by atoms with Gasteiger partial charge in [-0.2, -0.15) is 0 Å². The molecule has 8 heteroatoms. The molecule has 0 radical (unpaired) electrons. The highest BCUT2D eigenvalue weighted by molar-refractivity contribution is 6.04. The maximum atomic E-state index is 12.8. The summed E-state index contributed by atoms with van der Waals surface area (Å²) in [6.07, 6.45) is 1.27. The first-order valence-electron chi connectivity index (χ1n) is 11.7. The number of nitrogens with zero attached hydrogens (tertiary/aromatic N) is 2. The van der Waals surface area contributed by atoms with Gasteiger partial charge in [0.1, 0.15) is 6.10 Å². The molecule has 1 unspecified atom stereocenters. The first-order valence-corrected chi connectivity index (χ1v) is 11.7. The van der Waals surface area contributed by atoms with Crippen LogP contribution in [0.15, 0.2) is 79.0 Å². The summed E-state index contributed by atoms with van der Waals surface area (Å²) in [5.41, 5.74) is 10.7. The molecule has 1 aromatic heterocycles. The number of phenols is 1. The Morgan fingerprint density at radius 2 is 1.76 bits per heavy atom. The fourth-order valence-corrected chi connectivity index (χ4v) is 3.82. The third-order valence-electron chi connectivity index (χ3n) is 5.94.